The second-order valence-corrected chi connectivity index (χ2v) is 7.37. The van der Waals surface area contributed by atoms with Crippen LogP contribution in [0.2, 0.25) is 0 Å². The van der Waals surface area contributed by atoms with Gasteiger partial charge < -0.3 is 19.5 Å². The van der Waals surface area contributed by atoms with Crippen molar-refractivity contribution in [2.75, 3.05) is 27.6 Å². The Morgan fingerprint density at radius 2 is 1.93 bits per heavy atom. The zero-order valence-corrected chi connectivity index (χ0v) is 17.6. The van der Waals surface area contributed by atoms with Crippen molar-refractivity contribution in [1.29, 1.82) is 0 Å². The largest absolute Gasteiger partial charge is 0.493 e. The van der Waals surface area contributed by atoms with Crippen LogP contribution >= 0.6 is 11.8 Å². The van der Waals surface area contributed by atoms with Gasteiger partial charge in [0.15, 0.2) is 16.9 Å². The Morgan fingerprint density at radius 1 is 1.17 bits per heavy atom. The third kappa shape index (κ3) is 3.92. The summed E-state index contributed by atoms with van der Waals surface area (Å²) in [4.78, 5) is 25.7. The van der Waals surface area contributed by atoms with E-state index in [2.05, 4.69) is 5.32 Å². The van der Waals surface area contributed by atoms with E-state index in [1.165, 1.54) is 39.2 Å². The van der Waals surface area contributed by atoms with E-state index in [0.29, 0.717) is 51.7 Å². The van der Waals surface area contributed by atoms with Gasteiger partial charge in [-0.3, -0.25) is 9.59 Å². The van der Waals surface area contributed by atoms with E-state index in [0.717, 1.165) is 5.56 Å². The van der Waals surface area contributed by atoms with Crippen LogP contribution < -0.4 is 25.0 Å². The predicted molar refractivity (Wildman–Crippen MR) is 114 cm³/mol. The molecule has 2 aromatic rings. The minimum absolute atomic E-state index is 0.213. The zero-order chi connectivity index (χ0) is 23.6. The van der Waals surface area contributed by atoms with Gasteiger partial charge in [-0.1, -0.05) is 6.07 Å². The molecule has 3 rings (SSSR count). The molecule has 29 heavy (non-hydrogen) atoms. The summed E-state index contributed by atoms with van der Waals surface area (Å²) < 4.78 is 39.1. The van der Waals surface area contributed by atoms with Gasteiger partial charge in [0.05, 0.1) is 32.3 Å². The lowest BCUT2D eigenvalue weighted by atomic mass is 9.95. The minimum Gasteiger partial charge on any atom is -0.493 e. The SMILES string of the molecule is [2H]C([2H])([2H])C(=O)N[C@H]1CCc2cc(OC)c(OC)c(OC)c2-c2ccc(SC)c(=O)cc21. The number of ether oxygens (including phenoxy) is 3. The molecule has 0 radical (unpaired) electrons. The first-order chi connectivity index (χ1) is 15.2. The number of hydrogen-bond donors (Lipinski definition) is 1. The van der Waals surface area contributed by atoms with Crippen molar-refractivity contribution < 1.29 is 23.1 Å². The number of methoxy groups -OCH3 is 3. The summed E-state index contributed by atoms with van der Waals surface area (Å²) in [7, 11) is 4.56. The molecule has 0 heterocycles. The van der Waals surface area contributed by atoms with Crippen LogP contribution in [0.15, 0.2) is 34.0 Å². The Labute approximate surface area is 178 Å². The lowest BCUT2D eigenvalue weighted by Crippen LogP contribution is -2.26. The van der Waals surface area contributed by atoms with Crippen LogP contribution in [-0.2, 0) is 11.2 Å². The molecule has 154 valence electrons. The molecule has 0 fully saturated rings. The highest BCUT2D eigenvalue weighted by Gasteiger charge is 2.29. The van der Waals surface area contributed by atoms with E-state index in [1.54, 1.807) is 18.4 Å². The molecule has 1 aliphatic carbocycles. The molecule has 1 amide bonds. The van der Waals surface area contributed by atoms with Crippen LogP contribution in [0.3, 0.4) is 0 Å². The molecule has 0 unspecified atom stereocenters. The number of rotatable bonds is 5. The van der Waals surface area contributed by atoms with Crippen LogP contribution in [0, 0.1) is 0 Å². The molecule has 1 aliphatic rings. The maximum Gasteiger partial charge on any atom is 0.217 e. The van der Waals surface area contributed by atoms with Gasteiger partial charge in [0.25, 0.3) is 0 Å². The Hall–Kier alpha value is -2.67. The predicted octanol–water partition coefficient (Wildman–Crippen LogP) is 3.58. The van der Waals surface area contributed by atoms with Crippen molar-refractivity contribution in [3.05, 3.63) is 45.6 Å². The normalized spacial score (nSPS) is 16.8. The van der Waals surface area contributed by atoms with Crippen LogP contribution in [0.5, 0.6) is 17.2 Å². The topological polar surface area (TPSA) is 73.9 Å². The quantitative estimate of drug-likeness (QED) is 0.748. The molecule has 0 saturated carbocycles. The maximum atomic E-state index is 12.8. The summed E-state index contributed by atoms with van der Waals surface area (Å²) >= 11 is 1.31. The number of benzene rings is 1. The molecular weight excluding hydrogens is 390 g/mol. The molecule has 0 spiro atoms. The van der Waals surface area contributed by atoms with E-state index in [4.69, 9.17) is 18.3 Å². The Bertz CT molecular complexity index is 1100. The highest BCUT2D eigenvalue weighted by molar-refractivity contribution is 7.98. The fraction of sp³-hybridized carbons (Fsp3) is 0.364. The molecule has 1 N–H and O–H groups in total. The smallest absolute Gasteiger partial charge is 0.217 e. The molecule has 7 heteroatoms. The molecule has 6 nitrogen and oxygen atoms in total. The van der Waals surface area contributed by atoms with Gasteiger partial charge in [0.1, 0.15) is 0 Å². The lowest BCUT2D eigenvalue weighted by Gasteiger charge is -2.19. The third-order valence-corrected chi connectivity index (χ3v) is 5.80. The van der Waals surface area contributed by atoms with Crippen LogP contribution in [0.4, 0.5) is 0 Å². The highest BCUT2D eigenvalue weighted by atomic mass is 32.2. The number of amides is 1. The first-order valence-corrected chi connectivity index (χ1v) is 10.2. The van der Waals surface area contributed by atoms with Crippen molar-refractivity contribution in [2.24, 2.45) is 0 Å². The van der Waals surface area contributed by atoms with Crippen molar-refractivity contribution in [2.45, 2.75) is 30.6 Å². The van der Waals surface area contributed by atoms with Gasteiger partial charge in [0, 0.05) is 16.5 Å². The van der Waals surface area contributed by atoms with Crippen molar-refractivity contribution in [1.82, 2.24) is 5.32 Å². The summed E-state index contributed by atoms with van der Waals surface area (Å²) in [6.07, 6.45) is 2.68. The molecular formula is C22H25NO5S. The number of hydrogen-bond acceptors (Lipinski definition) is 6. The Kier molecular flexibility index (Phi) is 5.21. The van der Waals surface area contributed by atoms with Crippen LogP contribution in [-0.4, -0.2) is 33.5 Å². The lowest BCUT2D eigenvalue weighted by molar-refractivity contribution is -0.119. The molecule has 2 aromatic carbocycles. The summed E-state index contributed by atoms with van der Waals surface area (Å²) in [6.45, 7) is -2.80. The average Bonchev–Trinajstić information content (AvgIpc) is 3.00. The monoisotopic (exact) mass is 418 g/mol. The van der Waals surface area contributed by atoms with E-state index in [1.807, 2.05) is 6.07 Å². The number of carbonyl (C=O) groups excluding carboxylic acids is 1. The highest BCUT2D eigenvalue weighted by Crippen LogP contribution is 2.50. The van der Waals surface area contributed by atoms with Gasteiger partial charge >= 0.3 is 0 Å². The van der Waals surface area contributed by atoms with Crippen LogP contribution in [0.1, 0.15) is 34.6 Å². The Morgan fingerprint density at radius 3 is 2.55 bits per heavy atom. The van der Waals surface area contributed by atoms with Crippen molar-refractivity contribution in [3.8, 4) is 28.4 Å². The molecule has 1 atom stereocenters. The Balaban J connectivity index is 2.35. The fourth-order valence-corrected chi connectivity index (χ4v) is 4.24. The summed E-state index contributed by atoms with van der Waals surface area (Å²) in [6, 6.07) is 6.16. The van der Waals surface area contributed by atoms with E-state index < -0.39 is 18.8 Å². The van der Waals surface area contributed by atoms with Gasteiger partial charge in [-0.2, -0.15) is 0 Å². The van der Waals surface area contributed by atoms with Gasteiger partial charge in [0.2, 0.25) is 11.7 Å². The second kappa shape index (κ2) is 8.78. The van der Waals surface area contributed by atoms with Crippen molar-refractivity contribution in [3.63, 3.8) is 0 Å². The fourth-order valence-electron chi connectivity index (χ4n) is 3.77. The molecule has 0 aromatic heterocycles. The maximum absolute atomic E-state index is 12.8. The van der Waals surface area contributed by atoms with Crippen molar-refractivity contribution >= 4 is 17.7 Å². The first kappa shape index (κ1) is 17.2. The standard InChI is InChI=1S/C22H25NO5S/c1-12(24)23-16-8-6-13-10-18(26-2)21(27-3)22(28-4)20(13)14-7-9-19(29-5)17(25)11-15(14)16/h7,9-11,16H,6,8H2,1-5H3,(H,23,24)/t16-/m0/s1/i1D3. The van der Waals surface area contributed by atoms with E-state index in [-0.39, 0.29) is 5.43 Å². The average molecular weight is 419 g/mol. The molecule has 0 aliphatic heterocycles. The number of thioether (sulfide) groups is 1. The van der Waals surface area contributed by atoms with E-state index >= 15 is 0 Å². The molecule has 0 bridgehead atoms. The third-order valence-electron chi connectivity index (χ3n) is 5.03. The number of nitrogens with one attached hydrogen (secondary N) is 1. The van der Waals surface area contributed by atoms with Gasteiger partial charge in [-0.05, 0) is 54.0 Å². The van der Waals surface area contributed by atoms with E-state index in [9.17, 15) is 9.59 Å². The summed E-state index contributed by atoms with van der Waals surface area (Å²) in [5.74, 6) is 0.272. The first-order valence-electron chi connectivity index (χ1n) is 10.5. The minimum atomic E-state index is -2.80. The van der Waals surface area contributed by atoms with Gasteiger partial charge in [-0.15, -0.1) is 11.8 Å². The molecule has 0 saturated heterocycles. The number of aryl methyl sites for hydroxylation is 1. The summed E-state index contributed by atoms with van der Waals surface area (Å²) in [5.41, 5.74) is 2.56. The zero-order valence-electron chi connectivity index (χ0n) is 19.8. The summed E-state index contributed by atoms with van der Waals surface area (Å²) in [5, 5.41) is 2.61. The number of carbonyl (C=O) groups is 1. The van der Waals surface area contributed by atoms with Gasteiger partial charge in [-0.25, -0.2) is 0 Å². The number of fused-ring (bicyclic) bond motifs is 3. The second-order valence-electron chi connectivity index (χ2n) is 6.52. The van der Waals surface area contributed by atoms with Crippen LogP contribution in [0.25, 0.3) is 11.1 Å².